The average molecular weight is 259 g/mol. The monoisotopic (exact) mass is 259 g/mol. The zero-order valence-electron chi connectivity index (χ0n) is 10.2. The minimum absolute atomic E-state index is 0.0125. The minimum atomic E-state index is -2.91. The third-order valence-corrected chi connectivity index (χ3v) is 2.29. The van der Waals surface area contributed by atoms with E-state index >= 15 is 0 Å². The molecule has 0 unspecified atom stereocenters. The predicted molar refractivity (Wildman–Crippen MR) is 62.6 cm³/mol. The maximum Gasteiger partial charge on any atom is 0.387 e. The molecular weight excluding hydrogens is 244 g/mol. The van der Waals surface area contributed by atoms with Crippen LogP contribution in [0.25, 0.3) is 0 Å². The van der Waals surface area contributed by atoms with Crippen LogP contribution in [0.4, 0.5) is 14.5 Å². The molecule has 1 rings (SSSR count). The van der Waals surface area contributed by atoms with Gasteiger partial charge in [0.15, 0.2) is 0 Å². The second kappa shape index (κ2) is 6.18. The van der Waals surface area contributed by atoms with Crippen molar-refractivity contribution in [1.82, 2.24) is 0 Å². The maximum atomic E-state index is 12.2. The Bertz CT molecular complexity index is 436. The lowest BCUT2D eigenvalue weighted by Crippen LogP contribution is -2.10. The molecule has 0 saturated carbocycles. The van der Waals surface area contributed by atoms with Crippen molar-refractivity contribution in [1.29, 1.82) is 0 Å². The number of benzene rings is 1. The first-order chi connectivity index (χ1) is 8.43. The second-order valence-electron chi connectivity index (χ2n) is 3.68. The number of esters is 1. The maximum absolute atomic E-state index is 12.2. The number of aryl methyl sites for hydroxylation is 1. The van der Waals surface area contributed by atoms with Crippen LogP contribution in [-0.4, -0.2) is 19.2 Å². The van der Waals surface area contributed by atoms with Gasteiger partial charge in [-0.3, -0.25) is 4.79 Å². The molecule has 0 aliphatic carbocycles. The van der Waals surface area contributed by atoms with Crippen molar-refractivity contribution in [2.75, 3.05) is 12.3 Å². The Kier molecular flexibility index (Phi) is 4.88. The number of carbonyl (C=O) groups is 1. The molecule has 1 aromatic rings. The molecule has 0 aromatic heterocycles. The zero-order chi connectivity index (χ0) is 13.7. The molecule has 0 atom stereocenters. The highest BCUT2D eigenvalue weighted by atomic mass is 19.3. The van der Waals surface area contributed by atoms with Gasteiger partial charge in [0.05, 0.1) is 13.0 Å². The Morgan fingerprint density at radius 2 is 2.11 bits per heavy atom. The third kappa shape index (κ3) is 3.87. The fraction of sp³-hybridized carbons (Fsp3) is 0.417. The number of hydrogen-bond donors (Lipinski definition) is 1. The van der Waals surface area contributed by atoms with Gasteiger partial charge in [0.25, 0.3) is 0 Å². The minimum Gasteiger partial charge on any atom is -0.466 e. The molecule has 18 heavy (non-hydrogen) atoms. The molecule has 1 aromatic carbocycles. The lowest BCUT2D eigenvalue weighted by molar-refractivity contribution is -0.142. The smallest absolute Gasteiger partial charge is 0.387 e. The van der Waals surface area contributed by atoms with E-state index in [0.717, 1.165) is 0 Å². The van der Waals surface area contributed by atoms with E-state index < -0.39 is 12.6 Å². The summed E-state index contributed by atoms with van der Waals surface area (Å²) in [5.74, 6) is -0.449. The molecule has 4 nitrogen and oxygen atoms in total. The van der Waals surface area contributed by atoms with E-state index in [-0.39, 0.29) is 18.8 Å². The predicted octanol–water partition coefficient (Wildman–Crippen LogP) is 2.28. The molecule has 6 heteroatoms. The number of nitrogens with two attached hydrogens (primary N) is 1. The number of ether oxygens (including phenoxy) is 2. The van der Waals surface area contributed by atoms with Crippen molar-refractivity contribution in [2.45, 2.75) is 26.9 Å². The van der Waals surface area contributed by atoms with Crippen LogP contribution in [0.3, 0.4) is 0 Å². The van der Waals surface area contributed by atoms with E-state index in [2.05, 4.69) is 4.74 Å². The summed E-state index contributed by atoms with van der Waals surface area (Å²) in [4.78, 5) is 11.3. The summed E-state index contributed by atoms with van der Waals surface area (Å²) in [6.07, 6.45) is -0.0699. The Morgan fingerprint density at radius 1 is 1.44 bits per heavy atom. The number of hydrogen-bond acceptors (Lipinski definition) is 4. The first-order valence-corrected chi connectivity index (χ1v) is 5.43. The van der Waals surface area contributed by atoms with Crippen LogP contribution >= 0.6 is 0 Å². The number of carbonyl (C=O) groups excluding carboxylic acids is 1. The summed E-state index contributed by atoms with van der Waals surface area (Å²) in [5, 5.41) is 0. The first-order valence-electron chi connectivity index (χ1n) is 5.43. The van der Waals surface area contributed by atoms with E-state index in [1.54, 1.807) is 13.8 Å². The van der Waals surface area contributed by atoms with Gasteiger partial charge in [-0.1, -0.05) is 0 Å². The second-order valence-corrected chi connectivity index (χ2v) is 3.68. The van der Waals surface area contributed by atoms with Gasteiger partial charge in [0.2, 0.25) is 0 Å². The molecule has 0 aliphatic heterocycles. The lowest BCUT2D eigenvalue weighted by atomic mass is 10.1. The Balaban J connectivity index is 2.94. The van der Waals surface area contributed by atoms with Crippen LogP contribution in [0.5, 0.6) is 5.75 Å². The summed E-state index contributed by atoms with van der Waals surface area (Å²) in [5.41, 5.74) is 6.96. The van der Waals surface area contributed by atoms with Gasteiger partial charge < -0.3 is 15.2 Å². The first kappa shape index (κ1) is 14.2. The van der Waals surface area contributed by atoms with Gasteiger partial charge in [-0.15, -0.1) is 0 Å². The third-order valence-electron chi connectivity index (χ3n) is 2.29. The highest BCUT2D eigenvalue weighted by molar-refractivity contribution is 5.75. The SMILES string of the molecule is CCOC(=O)Cc1cc(OC(F)F)c(C)cc1N. The molecule has 0 fully saturated rings. The number of rotatable bonds is 5. The number of nitrogen functional groups attached to an aromatic ring is 1. The summed E-state index contributed by atoms with van der Waals surface area (Å²) >= 11 is 0. The average Bonchev–Trinajstić information content (AvgIpc) is 2.24. The van der Waals surface area contributed by atoms with Crippen molar-refractivity contribution >= 4 is 11.7 Å². The molecule has 0 bridgehead atoms. The number of halogens is 2. The van der Waals surface area contributed by atoms with Crippen molar-refractivity contribution in [3.63, 3.8) is 0 Å². The quantitative estimate of drug-likeness (QED) is 0.651. The summed E-state index contributed by atoms with van der Waals surface area (Å²) in [6, 6.07) is 2.83. The van der Waals surface area contributed by atoms with E-state index in [1.165, 1.54) is 12.1 Å². The van der Waals surface area contributed by atoms with E-state index in [1.807, 2.05) is 0 Å². The topological polar surface area (TPSA) is 61.5 Å². The van der Waals surface area contributed by atoms with E-state index in [9.17, 15) is 13.6 Å². The van der Waals surface area contributed by atoms with Gasteiger partial charge in [-0.2, -0.15) is 8.78 Å². The Hall–Kier alpha value is -1.85. The van der Waals surface area contributed by atoms with Gasteiger partial charge in [-0.25, -0.2) is 0 Å². The molecular formula is C12H15F2NO3. The van der Waals surface area contributed by atoms with Crippen LogP contribution in [0, 0.1) is 6.92 Å². The van der Waals surface area contributed by atoms with Crippen molar-refractivity contribution in [2.24, 2.45) is 0 Å². The van der Waals surface area contributed by atoms with Crippen LogP contribution in [-0.2, 0) is 16.0 Å². The molecule has 100 valence electrons. The summed E-state index contributed by atoms with van der Waals surface area (Å²) in [6.45, 7) is 0.623. The van der Waals surface area contributed by atoms with Crippen LogP contribution in [0.2, 0.25) is 0 Å². The molecule has 0 spiro atoms. The molecule has 0 heterocycles. The standard InChI is InChI=1S/C12H15F2NO3/c1-3-17-11(16)6-8-5-10(18-12(13)14)7(2)4-9(8)15/h4-5,12H,3,6,15H2,1-2H3. The molecule has 0 amide bonds. The lowest BCUT2D eigenvalue weighted by Gasteiger charge is -2.12. The summed E-state index contributed by atoms with van der Waals surface area (Å²) < 4.78 is 33.5. The Morgan fingerprint density at radius 3 is 2.67 bits per heavy atom. The highest BCUT2D eigenvalue weighted by Crippen LogP contribution is 2.26. The molecule has 0 saturated heterocycles. The van der Waals surface area contributed by atoms with Crippen LogP contribution in [0.15, 0.2) is 12.1 Å². The number of alkyl halides is 2. The molecule has 0 aliphatic rings. The Labute approximate surface area is 104 Å². The van der Waals surface area contributed by atoms with Crippen LogP contribution in [0.1, 0.15) is 18.1 Å². The number of anilines is 1. The largest absolute Gasteiger partial charge is 0.466 e. The zero-order valence-corrected chi connectivity index (χ0v) is 10.2. The highest BCUT2D eigenvalue weighted by Gasteiger charge is 2.13. The van der Waals surface area contributed by atoms with Gasteiger partial charge in [-0.05, 0) is 37.1 Å². The van der Waals surface area contributed by atoms with Gasteiger partial charge in [0.1, 0.15) is 5.75 Å². The molecule has 2 N–H and O–H groups in total. The van der Waals surface area contributed by atoms with Gasteiger partial charge >= 0.3 is 12.6 Å². The van der Waals surface area contributed by atoms with Crippen molar-refractivity contribution < 1.29 is 23.0 Å². The van der Waals surface area contributed by atoms with Crippen molar-refractivity contribution in [3.8, 4) is 5.75 Å². The van der Waals surface area contributed by atoms with Crippen LogP contribution < -0.4 is 10.5 Å². The fourth-order valence-corrected chi connectivity index (χ4v) is 1.50. The van der Waals surface area contributed by atoms with E-state index in [0.29, 0.717) is 16.8 Å². The van der Waals surface area contributed by atoms with Gasteiger partial charge in [0, 0.05) is 5.69 Å². The summed E-state index contributed by atoms with van der Waals surface area (Å²) in [7, 11) is 0. The normalized spacial score (nSPS) is 10.5. The van der Waals surface area contributed by atoms with E-state index in [4.69, 9.17) is 10.5 Å². The van der Waals surface area contributed by atoms with Crippen molar-refractivity contribution in [3.05, 3.63) is 23.3 Å². The molecule has 0 radical (unpaired) electrons. The fourth-order valence-electron chi connectivity index (χ4n) is 1.50.